The minimum absolute atomic E-state index is 0.0435. The first kappa shape index (κ1) is 20.4. The molecule has 0 atom stereocenters. The van der Waals surface area contributed by atoms with E-state index in [1.807, 2.05) is 24.6 Å². The van der Waals surface area contributed by atoms with Gasteiger partial charge in [-0.3, -0.25) is 19.3 Å². The summed E-state index contributed by atoms with van der Waals surface area (Å²) >= 11 is 0. The fourth-order valence-corrected chi connectivity index (χ4v) is 4.66. The molecule has 0 radical (unpaired) electrons. The third-order valence-electron chi connectivity index (χ3n) is 6.30. The van der Waals surface area contributed by atoms with Gasteiger partial charge in [-0.1, -0.05) is 19.3 Å². The molecule has 1 aromatic carbocycles. The number of benzene rings is 1. The van der Waals surface area contributed by atoms with E-state index >= 15 is 0 Å². The van der Waals surface area contributed by atoms with E-state index in [2.05, 4.69) is 15.4 Å². The van der Waals surface area contributed by atoms with Gasteiger partial charge in [0, 0.05) is 23.0 Å². The van der Waals surface area contributed by atoms with Gasteiger partial charge < -0.3 is 5.32 Å². The molecule has 1 N–H and O–H groups in total. The van der Waals surface area contributed by atoms with Crippen molar-refractivity contribution in [3.8, 4) is 0 Å². The molecule has 2 aromatic heterocycles. The Hall–Kier alpha value is -3.55. The third kappa shape index (κ3) is 3.36. The standard InChI is InChI=1S/C24H25N5O3/c1-14(2)29-21-16(12-26-29)10-17(13-25-21)27-22(30)15-8-9-19-20(11-15)24(32)28(23(19)31)18-6-4-3-5-7-18/h8-14,18H,3-7H2,1-2H3,(H,27,30). The summed E-state index contributed by atoms with van der Waals surface area (Å²) < 4.78 is 1.82. The topological polar surface area (TPSA) is 97.2 Å². The molecule has 0 saturated heterocycles. The molecule has 2 aliphatic rings. The molecule has 1 aliphatic carbocycles. The highest BCUT2D eigenvalue weighted by Crippen LogP contribution is 2.31. The lowest BCUT2D eigenvalue weighted by molar-refractivity contribution is 0.0549. The van der Waals surface area contributed by atoms with E-state index in [1.165, 1.54) is 11.0 Å². The zero-order chi connectivity index (χ0) is 22.4. The SMILES string of the molecule is CC(C)n1ncc2cc(NC(=O)c3ccc4c(c3)C(=O)N(C3CCCCC3)C4=O)cnc21. The van der Waals surface area contributed by atoms with Crippen molar-refractivity contribution in [3.63, 3.8) is 0 Å². The van der Waals surface area contributed by atoms with Crippen molar-refractivity contribution < 1.29 is 14.4 Å². The number of anilines is 1. The molecule has 8 heteroatoms. The molecule has 1 fully saturated rings. The number of fused-ring (bicyclic) bond motifs is 2. The summed E-state index contributed by atoms with van der Waals surface area (Å²) in [6.45, 7) is 4.05. The predicted octanol–water partition coefficient (Wildman–Crippen LogP) is 4.19. The van der Waals surface area contributed by atoms with Crippen molar-refractivity contribution in [3.05, 3.63) is 53.3 Å². The van der Waals surface area contributed by atoms with Crippen LogP contribution in [0, 0.1) is 0 Å². The second kappa shape index (κ2) is 7.85. The summed E-state index contributed by atoms with van der Waals surface area (Å²) in [6.07, 6.45) is 8.21. The van der Waals surface area contributed by atoms with Crippen LogP contribution in [0.15, 0.2) is 36.7 Å². The number of imide groups is 1. The van der Waals surface area contributed by atoms with E-state index in [9.17, 15) is 14.4 Å². The first-order valence-electron chi connectivity index (χ1n) is 11.1. The van der Waals surface area contributed by atoms with Gasteiger partial charge in [-0.25, -0.2) is 9.67 Å². The smallest absolute Gasteiger partial charge is 0.261 e. The average Bonchev–Trinajstić information content (AvgIpc) is 3.33. The Morgan fingerprint density at radius 1 is 1.03 bits per heavy atom. The molecule has 5 rings (SSSR count). The molecule has 32 heavy (non-hydrogen) atoms. The molecule has 1 aliphatic heterocycles. The van der Waals surface area contributed by atoms with E-state index < -0.39 is 0 Å². The monoisotopic (exact) mass is 431 g/mol. The van der Waals surface area contributed by atoms with Crippen molar-refractivity contribution in [2.75, 3.05) is 5.32 Å². The van der Waals surface area contributed by atoms with Crippen molar-refractivity contribution in [1.29, 1.82) is 0 Å². The number of aromatic nitrogens is 3. The van der Waals surface area contributed by atoms with Crippen molar-refractivity contribution in [2.24, 2.45) is 0 Å². The zero-order valence-electron chi connectivity index (χ0n) is 18.2. The number of amides is 3. The number of nitrogens with zero attached hydrogens (tertiary/aromatic N) is 4. The van der Waals surface area contributed by atoms with Gasteiger partial charge in [-0.2, -0.15) is 5.10 Å². The van der Waals surface area contributed by atoms with Crippen molar-refractivity contribution in [1.82, 2.24) is 19.7 Å². The molecule has 1 saturated carbocycles. The molecule has 0 bridgehead atoms. The Labute approximate surface area is 185 Å². The number of nitrogens with one attached hydrogen (secondary N) is 1. The van der Waals surface area contributed by atoms with Crippen LogP contribution in [0.2, 0.25) is 0 Å². The number of hydrogen-bond acceptors (Lipinski definition) is 5. The molecule has 0 unspecified atom stereocenters. The summed E-state index contributed by atoms with van der Waals surface area (Å²) in [4.78, 5) is 44.5. The van der Waals surface area contributed by atoms with Crippen LogP contribution in [0.25, 0.3) is 11.0 Å². The Morgan fingerprint density at radius 3 is 2.53 bits per heavy atom. The lowest BCUT2D eigenvalue weighted by Gasteiger charge is -2.29. The summed E-state index contributed by atoms with van der Waals surface area (Å²) in [5.41, 5.74) is 2.30. The molecular formula is C24H25N5O3. The maximum atomic E-state index is 13.0. The lowest BCUT2D eigenvalue weighted by atomic mass is 9.94. The van der Waals surface area contributed by atoms with Crippen LogP contribution in [-0.2, 0) is 0 Å². The maximum absolute atomic E-state index is 13.0. The van der Waals surface area contributed by atoms with E-state index in [1.54, 1.807) is 24.5 Å². The van der Waals surface area contributed by atoms with Gasteiger partial charge in [-0.15, -0.1) is 0 Å². The van der Waals surface area contributed by atoms with E-state index in [4.69, 9.17) is 0 Å². The minimum atomic E-state index is -0.360. The van der Waals surface area contributed by atoms with Gasteiger partial charge in [0.25, 0.3) is 17.7 Å². The molecule has 0 spiro atoms. The largest absolute Gasteiger partial charge is 0.321 e. The van der Waals surface area contributed by atoms with Crippen LogP contribution in [0.3, 0.4) is 0 Å². The van der Waals surface area contributed by atoms with E-state index in [0.717, 1.165) is 43.1 Å². The predicted molar refractivity (Wildman–Crippen MR) is 120 cm³/mol. The molecule has 3 amide bonds. The van der Waals surface area contributed by atoms with Gasteiger partial charge in [-0.05, 0) is 51.0 Å². The second-order valence-electron chi connectivity index (χ2n) is 8.81. The Morgan fingerprint density at radius 2 is 1.78 bits per heavy atom. The number of carbonyl (C=O) groups is 3. The molecule has 164 valence electrons. The van der Waals surface area contributed by atoms with Crippen LogP contribution in [-0.4, -0.2) is 43.4 Å². The zero-order valence-corrected chi connectivity index (χ0v) is 18.2. The van der Waals surface area contributed by atoms with Gasteiger partial charge in [0.1, 0.15) is 0 Å². The van der Waals surface area contributed by atoms with Gasteiger partial charge in [0.2, 0.25) is 0 Å². The van der Waals surface area contributed by atoms with Crippen LogP contribution in [0.4, 0.5) is 5.69 Å². The van der Waals surface area contributed by atoms with Gasteiger partial charge in [0.15, 0.2) is 5.65 Å². The summed E-state index contributed by atoms with van der Waals surface area (Å²) in [6, 6.07) is 6.65. The van der Waals surface area contributed by atoms with E-state index in [0.29, 0.717) is 22.4 Å². The fourth-order valence-electron chi connectivity index (χ4n) is 4.66. The number of carbonyl (C=O) groups excluding carboxylic acids is 3. The van der Waals surface area contributed by atoms with E-state index in [-0.39, 0.29) is 29.8 Å². The highest BCUT2D eigenvalue weighted by molar-refractivity contribution is 6.22. The molecule has 3 aromatic rings. The third-order valence-corrected chi connectivity index (χ3v) is 6.30. The fraction of sp³-hybridized carbons (Fsp3) is 0.375. The Balaban J connectivity index is 1.37. The molecule has 8 nitrogen and oxygen atoms in total. The lowest BCUT2D eigenvalue weighted by Crippen LogP contribution is -2.40. The van der Waals surface area contributed by atoms with Crippen LogP contribution >= 0.6 is 0 Å². The Bertz CT molecular complexity index is 1240. The van der Waals surface area contributed by atoms with Gasteiger partial charge in [0.05, 0.1) is 29.2 Å². The van der Waals surface area contributed by atoms with Crippen molar-refractivity contribution >= 4 is 34.4 Å². The summed E-state index contributed by atoms with van der Waals surface area (Å²) in [7, 11) is 0. The molecule has 3 heterocycles. The quantitative estimate of drug-likeness (QED) is 0.625. The van der Waals surface area contributed by atoms with Gasteiger partial charge >= 0.3 is 0 Å². The maximum Gasteiger partial charge on any atom is 0.261 e. The highest BCUT2D eigenvalue weighted by atomic mass is 16.2. The van der Waals surface area contributed by atoms with Crippen molar-refractivity contribution in [2.45, 2.75) is 58.0 Å². The molecular weight excluding hydrogens is 406 g/mol. The normalized spacial score (nSPS) is 16.8. The van der Waals surface area contributed by atoms with Crippen LogP contribution in [0.5, 0.6) is 0 Å². The number of hydrogen-bond donors (Lipinski definition) is 1. The average molecular weight is 431 g/mol. The minimum Gasteiger partial charge on any atom is -0.321 e. The highest BCUT2D eigenvalue weighted by Gasteiger charge is 2.40. The first-order valence-corrected chi connectivity index (χ1v) is 11.1. The van der Waals surface area contributed by atoms with Crippen LogP contribution < -0.4 is 5.32 Å². The Kier molecular flexibility index (Phi) is 5.00. The summed E-state index contributed by atoms with van der Waals surface area (Å²) in [5, 5.41) is 8.00. The second-order valence-corrected chi connectivity index (χ2v) is 8.81. The first-order chi connectivity index (χ1) is 15.4. The summed E-state index contributed by atoms with van der Waals surface area (Å²) in [5.74, 6) is -0.905. The number of rotatable bonds is 4. The van der Waals surface area contributed by atoms with Crippen LogP contribution in [0.1, 0.15) is 83.1 Å². The number of pyridine rings is 1.